The smallest absolute Gasteiger partial charge is 0.173 e. The molecule has 8 heteroatoms. The van der Waals surface area contributed by atoms with E-state index in [0.29, 0.717) is 30.4 Å². The minimum Gasteiger partial charge on any atom is -0.385 e. The van der Waals surface area contributed by atoms with Crippen molar-refractivity contribution in [3.8, 4) is 0 Å². The van der Waals surface area contributed by atoms with Crippen LogP contribution in [0.4, 0.5) is 10.1 Å². The van der Waals surface area contributed by atoms with Crippen LogP contribution >= 0.6 is 12.2 Å². The van der Waals surface area contributed by atoms with E-state index in [2.05, 4.69) is 5.32 Å². The van der Waals surface area contributed by atoms with Crippen LogP contribution in [0, 0.1) is 5.82 Å². The van der Waals surface area contributed by atoms with Gasteiger partial charge in [0.1, 0.15) is 5.82 Å². The van der Waals surface area contributed by atoms with Gasteiger partial charge in [-0.25, -0.2) is 12.8 Å². The van der Waals surface area contributed by atoms with Gasteiger partial charge < -0.3 is 15.0 Å². The lowest BCUT2D eigenvalue weighted by atomic mass is 10.2. The maximum Gasteiger partial charge on any atom is 0.173 e. The summed E-state index contributed by atoms with van der Waals surface area (Å²) in [6.07, 6.45) is 1.32. The lowest BCUT2D eigenvalue weighted by Gasteiger charge is -2.31. The Balaban J connectivity index is 2.05. The molecule has 1 aliphatic heterocycles. The first kappa shape index (κ1) is 18.1. The third-order valence-corrected chi connectivity index (χ3v) is 5.84. The number of thiocarbonyl (C=S) groups is 1. The Kier molecular flexibility index (Phi) is 6.32. The van der Waals surface area contributed by atoms with Gasteiger partial charge >= 0.3 is 0 Å². The Morgan fingerprint density at radius 1 is 1.43 bits per heavy atom. The maximum atomic E-state index is 13.0. The number of halogens is 1. The van der Waals surface area contributed by atoms with Crippen molar-refractivity contribution in [2.75, 3.05) is 37.1 Å². The molecule has 0 spiro atoms. The highest BCUT2D eigenvalue weighted by Crippen LogP contribution is 2.20. The fourth-order valence-electron chi connectivity index (χ4n) is 2.58. The molecule has 1 N–H and O–H groups in total. The van der Waals surface area contributed by atoms with Crippen LogP contribution in [0.3, 0.4) is 0 Å². The van der Waals surface area contributed by atoms with E-state index in [1.165, 1.54) is 12.1 Å². The Bertz CT molecular complexity index is 635. The summed E-state index contributed by atoms with van der Waals surface area (Å²) in [5.74, 6) is -0.0108. The number of anilines is 1. The van der Waals surface area contributed by atoms with Crippen LogP contribution in [0.1, 0.15) is 12.8 Å². The van der Waals surface area contributed by atoms with E-state index in [-0.39, 0.29) is 23.4 Å². The molecule has 0 saturated carbocycles. The summed E-state index contributed by atoms with van der Waals surface area (Å²) in [5, 5.41) is 3.51. The van der Waals surface area contributed by atoms with Crippen LogP contribution in [0.25, 0.3) is 0 Å². The molecule has 1 saturated heterocycles. The summed E-state index contributed by atoms with van der Waals surface area (Å²) in [6.45, 7) is 1.19. The van der Waals surface area contributed by atoms with Gasteiger partial charge in [0.2, 0.25) is 0 Å². The number of hydrogen-bond acceptors (Lipinski definition) is 4. The monoisotopic (exact) mass is 360 g/mol. The van der Waals surface area contributed by atoms with Crippen molar-refractivity contribution in [2.24, 2.45) is 0 Å². The molecule has 0 bridgehead atoms. The Hall–Kier alpha value is -1.25. The van der Waals surface area contributed by atoms with Crippen molar-refractivity contribution >= 4 is 32.9 Å². The molecule has 128 valence electrons. The van der Waals surface area contributed by atoms with E-state index in [1.54, 1.807) is 19.2 Å². The molecule has 23 heavy (non-hydrogen) atoms. The molecule has 0 amide bonds. The third kappa shape index (κ3) is 5.40. The number of benzene rings is 1. The van der Waals surface area contributed by atoms with Crippen molar-refractivity contribution in [1.29, 1.82) is 0 Å². The molecule has 0 radical (unpaired) electrons. The minimum absolute atomic E-state index is 0.116. The summed E-state index contributed by atoms with van der Waals surface area (Å²) in [5.41, 5.74) is 0.675. The molecule has 0 aliphatic carbocycles. The Morgan fingerprint density at radius 2 is 2.13 bits per heavy atom. The van der Waals surface area contributed by atoms with Gasteiger partial charge in [-0.2, -0.15) is 0 Å². The minimum atomic E-state index is -2.99. The molecule has 0 aromatic heterocycles. The molecule has 0 unspecified atom stereocenters. The van der Waals surface area contributed by atoms with Gasteiger partial charge in [-0.05, 0) is 49.3 Å². The van der Waals surface area contributed by atoms with Gasteiger partial charge in [0.05, 0.1) is 11.5 Å². The highest BCUT2D eigenvalue weighted by molar-refractivity contribution is 7.91. The summed E-state index contributed by atoms with van der Waals surface area (Å²) in [4.78, 5) is 1.91. The number of hydrogen-bond donors (Lipinski definition) is 1. The second-order valence-electron chi connectivity index (χ2n) is 5.53. The second-order valence-corrected chi connectivity index (χ2v) is 8.15. The fourth-order valence-corrected chi connectivity index (χ4v) is 4.67. The standard InChI is InChI=1S/C15H21FN2O3S2/c1-21-9-2-8-18(14-7-10-23(19,20)11-14)15(22)17-13-5-3-12(16)4-6-13/h3-6,14H,2,7-11H2,1H3,(H,17,22)/t14-/m1/s1. The van der Waals surface area contributed by atoms with Gasteiger partial charge in [-0.3, -0.25) is 0 Å². The van der Waals surface area contributed by atoms with Crippen molar-refractivity contribution < 1.29 is 17.5 Å². The van der Waals surface area contributed by atoms with Crippen LogP contribution in [0.5, 0.6) is 0 Å². The lowest BCUT2D eigenvalue weighted by Crippen LogP contribution is -2.44. The number of nitrogens with zero attached hydrogens (tertiary/aromatic N) is 1. The van der Waals surface area contributed by atoms with Gasteiger partial charge in [0, 0.05) is 32.0 Å². The summed E-state index contributed by atoms with van der Waals surface area (Å²) >= 11 is 5.44. The highest BCUT2D eigenvalue weighted by Gasteiger charge is 2.33. The SMILES string of the molecule is COCCCN(C(=S)Nc1ccc(F)cc1)[C@@H]1CCS(=O)(=O)C1. The lowest BCUT2D eigenvalue weighted by molar-refractivity contribution is 0.181. The first-order valence-corrected chi connectivity index (χ1v) is 9.67. The van der Waals surface area contributed by atoms with E-state index < -0.39 is 9.84 Å². The van der Waals surface area contributed by atoms with Gasteiger partial charge in [0.25, 0.3) is 0 Å². The Morgan fingerprint density at radius 3 is 2.70 bits per heavy atom. The molecule has 1 aromatic carbocycles. The molecule has 1 fully saturated rings. The number of methoxy groups -OCH3 is 1. The zero-order valence-corrected chi connectivity index (χ0v) is 14.6. The van der Waals surface area contributed by atoms with Crippen molar-refractivity contribution in [2.45, 2.75) is 18.9 Å². The molecule has 1 atom stereocenters. The molecular weight excluding hydrogens is 339 g/mol. The van der Waals surface area contributed by atoms with E-state index in [9.17, 15) is 12.8 Å². The van der Waals surface area contributed by atoms with Crippen LogP contribution in [0.2, 0.25) is 0 Å². The first-order valence-electron chi connectivity index (χ1n) is 7.44. The molecule has 1 aliphatic rings. The van der Waals surface area contributed by atoms with E-state index in [1.807, 2.05) is 4.90 Å². The van der Waals surface area contributed by atoms with Crippen LogP contribution in [-0.2, 0) is 14.6 Å². The number of ether oxygens (including phenoxy) is 1. The molecule has 5 nitrogen and oxygen atoms in total. The zero-order valence-electron chi connectivity index (χ0n) is 13.0. The Labute approximate surface area is 141 Å². The van der Waals surface area contributed by atoms with E-state index in [0.717, 1.165) is 6.42 Å². The largest absolute Gasteiger partial charge is 0.385 e. The van der Waals surface area contributed by atoms with Crippen molar-refractivity contribution in [3.05, 3.63) is 30.1 Å². The predicted octanol–water partition coefficient (Wildman–Crippen LogP) is 2.05. The zero-order chi connectivity index (χ0) is 16.9. The molecule has 2 rings (SSSR count). The maximum absolute atomic E-state index is 13.0. The number of rotatable bonds is 6. The average Bonchev–Trinajstić information content (AvgIpc) is 2.86. The summed E-state index contributed by atoms with van der Waals surface area (Å²) < 4.78 is 41.5. The second kappa shape index (κ2) is 8.03. The first-order chi connectivity index (χ1) is 10.9. The average molecular weight is 360 g/mol. The van der Waals surface area contributed by atoms with Crippen LogP contribution in [0.15, 0.2) is 24.3 Å². The molecule has 1 aromatic rings. The highest BCUT2D eigenvalue weighted by atomic mass is 32.2. The molecular formula is C15H21FN2O3S2. The molecule has 1 heterocycles. The normalized spacial score (nSPS) is 19.5. The summed E-state index contributed by atoms with van der Waals surface area (Å²) in [6, 6.07) is 5.76. The topological polar surface area (TPSA) is 58.6 Å². The van der Waals surface area contributed by atoms with Crippen molar-refractivity contribution in [1.82, 2.24) is 4.90 Å². The van der Waals surface area contributed by atoms with Gasteiger partial charge in [-0.1, -0.05) is 0 Å². The van der Waals surface area contributed by atoms with Crippen LogP contribution < -0.4 is 5.32 Å². The van der Waals surface area contributed by atoms with Crippen LogP contribution in [-0.4, -0.2) is 56.2 Å². The number of sulfone groups is 1. The van der Waals surface area contributed by atoms with Crippen molar-refractivity contribution in [3.63, 3.8) is 0 Å². The van der Waals surface area contributed by atoms with E-state index in [4.69, 9.17) is 17.0 Å². The van der Waals surface area contributed by atoms with E-state index >= 15 is 0 Å². The fraction of sp³-hybridized carbons (Fsp3) is 0.533. The van der Waals surface area contributed by atoms with Gasteiger partial charge in [0.15, 0.2) is 14.9 Å². The number of nitrogens with one attached hydrogen (secondary N) is 1. The van der Waals surface area contributed by atoms with Gasteiger partial charge in [-0.15, -0.1) is 0 Å². The summed E-state index contributed by atoms with van der Waals surface area (Å²) in [7, 11) is -1.37. The quantitative estimate of drug-likeness (QED) is 0.619. The third-order valence-electron chi connectivity index (χ3n) is 3.75. The predicted molar refractivity (Wildman–Crippen MR) is 92.9 cm³/mol.